The average molecular weight is 406 g/mol. The van der Waals surface area contributed by atoms with Gasteiger partial charge in [0.15, 0.2) is 11.4 Å². The highest BCUT2D eigenvalue weighted by Gasteiger charge is 2.51. The predicted octanol–water partition coefficient (Wildman–Crippen LogP) is 4.66. The van der Waals surface area contributed by atoms with Gasteiger partial charge < -0.3 is 10.0 Å². The first-order valence-electron chi connectivity index (χ1n) is 9.37. The molecule has 4 nitrogen and oxygen atoms in total. The standard InChI is InChI=1S/C24H20ClNO3/c1-16-7-9-17(10-8-16)15-26-21-12-11-19(25)13-20(21)24(29,23(26)28)14-22(27)18-5-3-2-4-6-18/h2-13,29H,14-15H2,1H3/t24-/m0/s1. The molecule has 3 aromatic carbocycles. The zero-order valence-corrected chi connectivity index (χ0v) is 16.7. The Kier molecular flexibility index (Phi) is 4.99. The van der Waals surface area contributed by atoms with Crippen molar-refractivity contribution in [2.24, 2.45) is 0 Å². The fraction of sp³-hybridized carbons (Fsp3) is 0.167. The van der Waals surface area contributed by atoms with Crippen LogP contribution >= 0.6 is 11.6 Å². The van der Waals surface area contributed by atoms with Crippen LogP contribution < -0.4 is 4.90 Å². The second-order valence-corrected chi connectivity index (χ2v) is 7.80. The average Bonchev–Trinajstić information content (AvgIpc) is 2.92. The van der Waals surface area contributed by atoms with Gasteiger partial charge in [0.1, 0.15) is 0 Å². The van der Waals surface area contributed by atoms with E-state index in [0.717, 1.165) is 11.1 Å². The molecule has 0 aliphatic carbocycles. The summed E-state index contributed by atoms with van der Waals surface area (Å²) in [6.07, 6.45) is -0.340. The minimum absolute atomic E-state index is 0.301. The number of carbonyl (C=O) groups is 2. The number of carbonyl (C=O) groups excluding carboxylic acids is 2. The van der Waals surface area contributed by atoms with Gasteiger partial charge in [0.05, 0.1) is 18.7 Å². The summed E-state index contributed by atoms with van der Waals surface area (Å²) in [6, 6.07) is 21.5. The minimum atomic E-state index is -1.95. The van der Waals surface area contributed by atoms with Gasteiger partial charge in [-0.05, 0) is 30.7 Å². The maximum atomic E-state index is 13.3. The van der Waals surface area contributed by atoms with Crippen molar-refractivity contribution in [3.8, 4) is 0 Å². The summed E-state index contributed by atoms with van der Waals surface area (Å²) >= 11 is 6.15. The van der Waals surface area contributed by atoms with E-state index in [9.17, 15) is 14.7 Å². The number of nitrogens with zero attached hydrogens (tertiary/aromatic N) is 1. The lowest BCUT2D eigenvalue weighted by atomic mass is 9.88. The first-order valence-corrected chi connectivity index (χ1v) is 9.74. The molecular weight excluding hydrogens is 386 g/mol. The van der Waals surface area contributed by atoms with Crippen molar-refractivity contribution >= 4 is 29.0 Å². The van der Waals surface area contributed by atoms with E-state index < -0.39 is 11.5 Å². The molecule has 1 N–H and O–H groups in total. The van der Waals surface area contributed by atoms with E-state index in [4.69, 9.17) is 11.6 Å². The highest BCUT2D eigenvalue weighted by Crippen LogP contribution is 2.44. The largest absolute Gasteiger partial charge is 0.375 e. The lowest BCUT2D eigenvalue weighted by Crippen LogP contribution is -2.41. The van der Waals surface area contributed by atoms with Crippen molar-refractivity contribution in [1.29, 1.82) is 0 Å². The summed E-state index contributed by atoms with van der Waals surface area (Å²) in [6.45, 7) is 2.30. The number of hydrogen-bond donors (Lipinski definition) is 1. The Hall–Kier alpha value is -2.95. The first-order chi connectivity index (χ1) is 13.9. The smallest absolute Gasteiger partial charge is 0.264 e. The van der Waals surface area contributed by atoms with E-state index in [-0.39, 0.29) is 12.2 Å². The Morgan fingerprint density at radius 2 is 1.72 bits per heavy atom. The monoisotopic (exact) mass is 405 g/mol. The molecule has 3 aromatic rings. The zero-order valence-electron chi connectivity index (χ0n) is 15.9. The maximum Gasteiger partial charge on any atom is 0.264 e. The molecule has 5 heteroatoms. The summed E-state index contributed by atoms with van der Waals surface area (Å²) in [5.41, 5.74) is 1.50. The highest BCUT2D eigenvalue weighted by molar-refractivity contribution is 6.31. The number of fused-ring (bicyclic) bond motifs is 1. The number of benzene rings is 3. The van der Waals surface area contributed by atoms with Crippen molar-refractivity contribution in [2.75, 3.05) is 4.90 Å². The number of rotatable bonds is 5. The number of hydrogen-bond acceptors (Lipinski definition) is 3. The Balaban J connectivity index is 1.71. The molecule has 29 heavy (non-hydrogen) atoms. The van der Waals surface area contributed by atoms with E-state index in [2.05, 4.69) is 0 Å². The molecule has 1 aliphatic heterocycles. The van der Waals surface area contributed by atoms with Crippen molar-refractivity contribution < 1.29 is 14.7 Å². The maximum absolute atomic E-state index is 13.3. The van der Waals surface area contributed by atoms with E-state index in [1.165, 1.54) is 4.90 Å². The van der Waals surface area contributed by atoms with Gasteiger partial charge in [-0.25, -0.2) is 0 Å². The summed E-state index contributed by atoms with van der Waals surface area (Å²) in [7, 11) is 0. The van der Waals surface area contributed by atoms with E-state index in [0.29, 0.717) is 28.4 Å². The molecule has 146 valence electrons. The summed E-state index contributed by atoms with van der Waals surface area (Å²) < 4.78 is 0. The van der Waals surface area contributed by atoms with Crippen LogP contribution in [0.4, 0.5) is 5.69 Å². The van der Waals surface area contributed by atoms with E-state index in [1.54, 1.807) is 42.5 Å². The highest BCUT2D eigenvalue weighted by atomic mass is 35.5. The van der Waals surface area contributed by atoms with Crippen LogP contribution in [-0.2, 0) is 16.9 Å². The molecular formula is C24H20ClNO3. The molecule has 1 aliphatic rings. The molecule has 0 saturated carbocycles. The summed E-state index contributed by atoms with van der Waals surface area (Å²) in [5.74, 6) is -0.816. The van der Waals surface area contributed by atoms with Crippen LogP contribution in [0.2, 0.25) is 5.02 Å². The minimum Gasteiger partial charge on any atom is -0.375 e. The normalized spacial score (nSPS) is 18.0. The second kappa shape index (κ2) is 7.47. The molecule has 0 bridgehead atoms. The fourth-order valence-electron chi connectivity index (χ4n) is 3.69. The quantitative estimate of drug-likeness (QED) is 0.628. The van der Waals surface area contributed by atoms with Gasteiger partial charge in [0.25, 0.3) is 5.91 Å². The van der Waals surface area contributed by atoms with Crippen LogP contribution in [0.5, 0.6) is 0 Å². The molecule has 0 aromatic heterocycles. The van der Waals surface area contributed by atoms with Crippen LogP contribution in [-0.4, -0.2) is 16.8 Å². The van der Waals surface area contributed by atoms with Crippen molar-refractivity contribution in [3.05, 3.63) is 100 Å². The van der Waals surface area contributed by atoms with Gasteiger partial charge in [-0.15, -0.1) is 0 Å². The molecule has 0 saturated heterocycles. The van der Waals surface area contributed by atoms with E-state index in [1.807, 2.05) is 37.3 Å². The van der Waals surface area contributed by atoms with Gasteiger partial charge in [-0.3, -0.25) is 9.59 Å². The SMILES string of the molecule is Cc1ccc(CN2C(=O)[C@](O)(CC(=O)c3ccccc3)c3cc(Cl)ccc32)cc1. The number of amides is 1. The van der Waals surface area contributed by atoms with Gasteiger partial charge in [-0.1, -0.05) is 71.8 Å². The van der Waals surface area contributed by atoms with Gasteiger partial charge >= 0.3 is 0 Å². The first kappa shape index (κ1) is 19.4. The van der Waals surface area contributed by atoms with E-state index >= 15 is 0 Å². The van der Waals surface area contributed by atoms with Crippen LogP contribution in [0.1, 0.15) is 33.5 Å². The van der Waals surface area contributed by atoms with Crippen LogP contribution in [0.3, 0.4) is 0 Å². The van der Waals surface area contributed by atoms with Crippen molar-refractivity contribution in [3.63, 3.8) is 0 Å². The second-order valence-electron chi connectivity index (χ2n) is 7.36. The Morgan fingerprint density at radius 3 is 2.41 bits per heavy atom. The number of ketones is 1. The number of anilines is 1. The Bertz CT molecular complexity index is 1080. The number of aryl methyl sites for hydroxylation is 1. The third kappa shape index (κ3) is 3.57. The number of halogens is 1. The van der Waals surface area contributed by atoms with Gasteiger partial charge in [0, 0.05) is 16.1 Å². The molecule has 1 heterocycles. The molecule has 1 atom stereocenters. The topological polar surface area (TPSA) is 57.6 Å². The summed E-state index contributed by atoms with van der Waals surface area (Å²) in [4.78, 5) is 27.6. The Labute approximate surface area is 174 Å². The predicted molar refractivity (Wildman–Crippen MR) is 113 cm³/mol. The van der Waals surface area contributed by atoms with Crippen LogP contribution in [0, 0.1) is 6.92 Å². The van der Waals surface area contributed by atoms with Crippen LogP contribution in [0.15, 0.2) is 72.8 Å². The lowest BCUT2D eigenvalue weighted by molar-refractivity contribution is -0.136. The van der Waals surface area contributed by atoms with Gasteiger partial charge in [0.2, 0.25) is 0 Å². The molecule has 0 spiro atoms. The lowest BCUT2D eigenvalue weighted by Gasteiger charge is -2.23. The number of Topliss-reactive ketones (excluding diaryl/α,β-unsaturated/α-hetero) is 1. The molecule has 1 amide bonds. The molecule has 0 unspecified atom stereocenters. The molecule has 4 rings (SSSR count). The fourth-order valence-corrected chi connectivity index (χ4v) is 3.86. The summed E-state index contributed by atoms with van der Waals surface area (Å²) in [5, 5.41) is 11.8. The third-order valence-electron chi connectivity index (χ3n) is 5.27. The third-order valence-corrected chi connectivity index (χ3v) is 5.50. The van der Waals surface area contributed by atoms with Crippen LogP contribution in [0.25, 0.3) is 0 Å². The van der Waals surface area contributed by atoms with Crippen molar-refractivity contribution in [2.45, 2.75) is 25.5 Å². The molecule has 0 radical (unpaired) electrons. The van der Waals surface area contributed by atoms with Gasteiger partial charge in [-0.2, -0.15) is 0 Å². The Morgan fingerprint density at radius 1 is 1.03 bits per heavy atom. The number of aliphatic hydroxyl groups is 1. The van der Waals surface area contributed by atoms with Crippen molar-refractivity contribution in [1.82, 2.24) is 0 Å². The molecule has 0 fully saturated rings. The zero-order chi connectivity index (χ0) is 20.6.